The molecule has 20 heavy (non-hydrogen) atoms. The molecule has 0 radical (unpaired) electrons. The molecule has 0 spiro atoms. The van der Waals surface area contributed by atoms with Gasteiger partial charge in [0.15, 0.2) is 11.5 Å². The molecule has 0 saturated carbocycles. The summed E-state index contributed by atoms with van der Waals surface area (Å²) in [5.41, 5.74) is 6.75. The van der Waals surface area contributed by atoms with Gasteiger partial charge in [-0.05, 0) is 57.8 Å². The van der Waals surface area contributed by atoms with Crippen LogP contribution in [0, 0.1) is 5.92 Å². The van der Waals surface area contributed by atoms with Crippen LogP contribution in [0.15, 0.2) is 18.2 Å². The van der Waals surface area contributed by atoms with Crippen molar-refractivity contribution in [3.05, 3.63) is 24.0 Å². The Morgan fingerprint density at radius 3 is 2.70 bits per heavy atom. The minimum Gasteiger partial charge on any atom is -0.384 e. The van der Waals surface area contributed by atoms with Crippen LogP contribution in [0.1, 0.15) is 32.5 Å². The van der Waals surface area contributed by atoms with Gasteiger partial charge in [0.05, 0.1) is 0 Å². The van der Waals surface area contributed by atoms with Crippen LogP contribution in [-0.2, 0) is 6.42 Å². The maximum atomic E-state index is 5.91. The average molecular weight is 273 g/mol. The molecular weight excluding hydrogens is 250 g/mol. The van der Waals surface area contributed by atoms with Gasteiger partial charge in [0.25, 0.3) is 0 Å². The maximum Gasteiger partial charge on any atom is 0.157 e. The van der Waals surface area contributed by atoms with E-state index in [0.29, 0.717) is 17.8 Å². The lowest BCUT2D eigenvalue weighted by Crippen LogP contribution is -2.38. The molecule has 0 amide bonds. The van der Waals surface area contributed by atoms with E-state index >= 15 is 0 Å². The summed E-state index contributed by atoms with van der Waals surface area (Å²) in [5.74, 6) is 2.27. The van der Waals surface area contributed by atoms with Crippen molar-refractivity contribution < 1.29 is 0 Å². The van der Waals surface area contributed by atoms with Crippen LogP contribution in [0.4, 0.5) is 5.82 Å². The molecule has 0 bridgehead atoms. The number of nitrogens with two attached hydrogens (primary N) is 1. The van der Waals surface area contributed by atoms with E-state index in [1.54, 1.807) is 4.52 Å². The number of rotatable bonds is 3. The molecule has 0 unspecified atom stereocenters. The van der Waals surface area contributed by atoms with Gasteiger partial charge in [0.1, 0.15) is 5.82 Å². The van der Waals surface area contributed by atoms with Gasteiger partial charge in [-0.25, -0.2) is 4.98 Å². The van der Waals surface area contributed by atoms with Crippen molar-refractivity contribution in [1.29, 1.82) is 0 Å². The van der Waals surface area contributed by atoms with Crippen LogP contribution >= 0.6 is 0 Å². The zero-order valence-corrected chi connectivity index (χ0v) is 12.3. The summed E-state index contributed by atoms with van der Waals surface area (Å²) in [6.07, 6.45) is 3.44. The smallest absolute Gasteiger partial charge is 0.157 e. The summed E-state index contributed by atoms with van der Waals surface area (Å²) in [6.45, 7) is 6.93. The zero-order chi connectivity index (χ0) is 14.1. The van der Waals surface area contributed by atoms with Gasteiger partial charge in [0, 0.05) is 12.5 Å². The largest absolute Gasteiger partial charge is 0.384 e. The Morgan fingerprint density at radius 2 is 2.05 bits per heavy atom. The van der Waals surface area contributed by atoms with E-state index in [0.717, 1.165) is 17.9 Å². The Balaban J connectivity index is 1.67. The third-order valence-electron chi connectivity index (χ3n) is 4.28. The Labute approximate surface area is 119 Å². The third-order valence-corrected chi connectivity index (χ3v) is 4.28. The molecule has 2 N–H and O–H groups in total. The molecule has 1 saturated heterocycles. The summed E-state index contributed by atoms with van der Waals surface area (Å²) in [6, 6.07) is 6.38. The fourth-order valence-electron chi connectivity index (χ4n) is 2.99. The first kappa shape index (κ1) is 13.4. The van der Waals surface area contributed by atoms with Crippen molar-refractivity contribution in [3.63, 3.8) is 0 Å². The molecule has 0 aliphatic carbocycles. The lowest BCUT2D eigenvalue weighted by atomic mass is 9.93. The predicted molar refractivity (Wildman–Crippen MR) is 80.5 cm³/mol. The van der Waals surface area contributed by atoms with Crippen molar-refractivity contribution in [3.8, 4) is 0 Å². The topological polar surface area (TPSA) is 59.5 Å². The number of likely N-dealkylation sites (tertiary alicyclic amines) is 1. The first-order chi connectivity index (χ1) is 9.63. The van der Waals surface area contributed by atoms with Crippen molar-refractivity contribution in [2.24, 2.45) is 5.92 Å². The number of piperidine rings is 1. The molecule has 1 fully saturated rings. The normalized spacial score (nSPS) is 18.1. The highest BCUT2D eigenvalue weighted by molar-refractivity contribution is 5.45. The molecule has 2 aromatic heterocycles. The minimum atomic E-state index is 0.649. The van der Waals surface area contributed by atoms with Gasteiger partial charge >= 0.3 is 0 Å². The van der Waals surface area contributed by atoms with Crippen molar-refractivity contribution in [2.75, 3.05) is 18.8 Å². The van der Waals surface area contributed by atoms with Crippen molar-refractivity contribution >= 4 is 11.5 Å². The number of aromatic nitrogens is 3. The number of hydrogen-bond donors (Lipinski definition) is 1. The van der Waals surface area contributed by atoms with Gasteiger partial charge in [-0.15, -0.1) is 5.10 Å². The van der Waals surface area contributed by atoms with E-state index in [1.165, 1.54) is 25.9 Å². The molecule has 3 heterocycles. The van der Waals surface area contributed by atoms with E-state index in [1.807, 2.05) is 18.2 Å². The number of nitrogens with zero attached hydrogens (tertiary/aromatic N) is 4. The highest BCUT2D eigenvalue weighted by atomic mass is 15.3. The SMILES string of the molecule is CC(C)N1CCC(Cc2nc3cccc(N)n3n2)CC1. The van der Waals surface area contributed by atoms with E-state index in [2.05, 4.69) is 28.8 Å². The Morgan fingerprint density at radius 1 is 1.30 bits per heavy atom. The molecule has 3 rings (SSSR count). The van der Waals surface area contributed by atoms with Crippen LogP contribution < -0.4 is 5.73 Å². The van der Waals surface area contributed by atoms with Gasteiger partial charge in [-0.1, -0.05) is 6.07 Å². The first-order valence-electron chi connectivity index (χ1n) is 7.47. The van der Waals surface area contributed by atoms with E-state index in [9.17, 15) is 0 Å². The monoisotopic (exact) mass is 273 g/mol. The Bertz CT molecular complexity index is 581. The number of fused-ring (bicyclic) bond motifs is 1. The summed E-state index contributed by atoms with van der Waals surface area (Å²) in [5, 5.41) is 4.53. The molecule has 108 valence electrons. The Kier molecular flexibility index (Phi) is 3.61. The van der Waals surface area contributed by atoms with Crippen LogP contribution in [0.2, 0.25) is 0 Å². The Hall–Kier alpha value is -1.62. The zero-order valence-electron chi connectivity index (χ0n) is 12.3. The van der Waals surface area contributed by atoms with Gasteiger partial charge in [0.2, 0.25) is 0 Å². The second-order valence-corrected chi connectivity index (χ2v) is 6.03. The van der Waals surface area contributed by atoms with Crippen molar-refractivity contribution in [2.45, 2.75) is 39.2 Å². The average Bonchev–Trinajstić information content (AvgIpc) is 2.83. The summed E-state index contributed by atoms with van der Waals surface area (Å²) in [7, 11) is 0. The van der Waals surface area contributed by atoms with E-state index in [4.69, 9.17) is 5.73 Å². The van der Waals surface area contributed by atoms with Crippen molar-refractivity contribution in [1.82, 2.24) is 19.5 Å². The quantitative estimate of drug-likeness (QED) is 0.929. The molecule has 1 aliphatic rings. The van der Waals surface area contributed by atoms with Crippen LogP contribution in [-0.4, -0.2) is 38.6 Å². The number of hydrogen-bond acceptors (Lipinski definition) is 4. The summed E-state index contributed by atoms with van der Waals surface area (Å²) >= 11 is 0. The third kappa shape index (κ3) is 2.63. The summed E-state index contributed by atoms with van der Waals surface area (Å²) < 4.78 is 1.73. The van der Waals surface area contributed by atoms with E-state index < -0.39 is 0 Å². The number of anilines is 1. The highest BCUT2D eigenvalue weighted by Crippen LogP contribution is 2.22. The molecule has 5 heteroatoms. The lowest BCUT2D eigenvalue weighted by Gasteiger charge is -2.34. The minimum absolute atomic E-state index is 0.649. The fraction of sp³-hybridized carbons (Fsp3) is 0.600. The van der Waals surface area contributed by atoms with Gasteiger partial charge in [-0.3, -0.25) is 0 Å². The molecule has 0 atom stereocenters. The fourth-order valence-corrected chi connectivity index (χ4v) is 2.99. The maximum absolute atomic E-state index is 5.91. The second kappa shape index (κ2) is 5.40. The lowest BCUT2D eigenvalue weighted by molar-refractivity contribution is 0.148. The number of nitrogen functional groups attached to an aromatic ring is 1. The van der Waals surface area contributed by atoms with Gasteiger partial charge < -0.3 is 10.6 Å². The molecule has 0 aromatic carbocycles. The van der Waals surface area contributed by atoms with Crippen LogP contribution in [0.3, 0.4) is 0 Å². The molecular formula is C15H23N5. The van der Waals surface area contributed by atoms with Crippen LogP contribution in [0.25, 0.3) is 5.65 Å². The molecule has 2 aromatic rings. The van der Waals surface area contributed by atoms with Crippen LogP contribution in [0.5, 0.6) is 0 Å². The number of pyridine rings is 1. The van der Waals surface area contributed by atoms with Gasteiger partial charge in [-0.2, -0.15) is 4.52 Å². The predicted octanol–water partition coefficient (Wildman–Crippen LogP) is 1.97. The second-order valence-electron chi connectivity index (χ2n) is 6.03. The standard InChI is InChI=1S/C15H23N5/c1-11(2)19-8-6-12(7-9-19)10-14-17-15-5-3-4-13(16)20(15)18-14/h3-5,11-12H,6-10,16H2,1-2H3. The first-order valence-corrected chi connectivity index (χ1v) is 7.47. The summed E-state index contributed by atoms with van der Waals surface area (Å²) in [4.78, 5) is 7.13. The molecule has 1 aliphatic heterocycles. The molecule has 5 nitrogen and oxygen atoms in total. The highest BCUT2D eigenvalue weighted by Gasteiger charge is 2.22. The van der Waals surface area contributed by atoms with E-state index in [-0.39, 0.29) is 0 Å².